The standard InChI is InChI=1S/C13H17NO3S/c1-2-3-6-9-18(15,16)13-10-11-7-4-5-8-12(11)17-14-13/h4-5,7-8H,2-3,6,9-10H2,1H3. The maximum absolute atomic E-state index is 12.1. The third-order valence-electron chi connectivity index (χ3n) is 2.94. The van der Waals surface area contributed by atoms with Gasteiger partial charge in [-0.15, -0.1) is 0 Å². The van der Waals surface area contributed by atoms with E-state index in [0.29, 0.717) is 18.6 Å². The van der Waals surface area contributed by atoms with Crippen molar-refractivity contribution < 1.29 is 13.3 Å². The quantitative estimate of drug-likeness (QED) is 0.788. The lowest BCUT2D eigenvalue weighted by molar-refractivity contribution is 0.332. The molecule has 0 radical (unpaired) electrons. The van der Waals surface area contributed by atoms with Gasteiger partial charge in [0.1, 0.15) is 0 Å². The summed E-state index contributed by atoms with van der Waals surface area (Å²) in [6.07, 6.45) is 2.94. The number of oxime groups is 1. The topological polar surface area (TPSA) is 55.7 Å². The molecule has 0 saturated heterocycles. The average molecular weight is 267 g/mol. The summed E-state index contributed by atoms with van der Waals surface area (Å²) in [7, 11) is -3.27. The van der Waals surface area contributed by atoms with Gasteiger partial charge in [-0.3, -0.25) is 0 Å². The SMILES string of the molecule is CCCCCS(=O)(=O)C1=NOc2ccccc2C1. The van der Waals surface area contributed by atoms with E-state index in [1.165, 1.54) is 0 Å². The minimum absolute atomic E-state index is 0.150. The van der Waals surface area contributed by atoms with Crippen molar-refractivity contribution in [2.75, 3.05) is 5.75 Å². The van der Waals surface area contributed by atoms with Crippen molar-refractivity contribution in [1.82, 2.24) is 0 Å². The lowest BCUT2D eigenvalue weighted by Crippen LogP contribution is -2.24. The van der Waals surface area contributed by atoms with Crippen LogP contribution in [0.2, 0.25) is 0 Å². The van der Waals surface area contributed by atoms with Gasteiger partial charge in [-0.05, 0) is 12.5 Å². The van der Waals surface area contributed by atoms with E-state index in [0.717, 1.165) is 18.4 Å². The monoisotopic (exact) mass is 267 g/mol. The number of fused-ring (bicyclic) bond motifs is 1. The molecule has 1 aliphatic heterocycles. The van der Waals surface area contributed by atoms with Crippen molar-refractivity contribution in [3.05, 3.63) is 29.8 Å². The molecule has 1 aromatic carbocycles. The van der Waals surface area contributed by atoms with E-state index in [1.807, 2.05) is 25.1 Å². The number of rotatable bonds is 4. The van der Waals surface area contributed by atoms with Crippen molar-refractivity contribution >= 4 is 14.9 Å². The number of para-hydroxylation sites is 1. The number of hydrogen-bond acceptors (Lipinski definition) is 4. The summed E-state index contributed by atoms with van der Waals surface area (Å²) in [5, 5.41) is 3.90. The Bertz CT molecular complexity index is 549. The van der Waals surface area contributed by atoms with Gasteiger partial charge in [0.2, 0.25) is 0 Å². The molecule has 1 heterocycles. The Labute approximate surface area is 108 Å². The van der Waals surface area contributed by atoms with Crippen LogP contribution >= 0.6 is 0 Å². The molecule has 1 aromatic rings. The number of sulfone groups is 1. The molecule has 0 atom stereocenters. The first kappa shape index (κ1) is 13.1. The molecule has 4 nitrogen and oxygen atoms in total. The van der Waals surface area contributed by atoms with Crippen molar-refractivity contribution in [2.45, 2.75) is 32.6 Å². The number of nitrogens with zero attached hydrogens (tertiary/aromatic N) is 1. The van der Waals surface area contributed by atoms with Gasteiger partial charge in [-0.2, -0.15) is 0 Å². The van der Waals surface area contributed by atoms with Gasteiger partial charge in [-0.25, -0.2) is 8.42 Å². The van der Waals surface area contributed by atoms with Crippen LogP contribution in [0, 0.1) is 0 Å². The van der Waals surface area contributed by atoms with Gasteiger partial charge in [0, 0.05) is 12.0 Å². The highest BCUT2D eigenvalue weighted by molar-refractivity contribution is 8.06. The van der Waals surface area contributed by atoms with E-state index < -0.39 is 9.84 Å². The van der Waals surface area contributed by atoms with Crippen LogP contribution in [-0.2, 0) is 16.3 Å². The van der Waals surface area contributed by atoms with Gasteiger partial charge in [-0.1, -0.05) is 43.1 Å². The summed E-state index contributed by atoms with van der Waals surface area (Å²) < 4.78 is 24.1. The minimum atomic E-state index is -3.27. The fraction of sp³-hybridized carbons (Fsp3) is 0.462. The molecule has 0 saturated carbocycles. The van der Waals surface area contributed by atoms with E-state index in [-0.39, 0.29) is 10.8 Å². The van der Waals surface area contributed by atoms with Crippen LogP contribution in [-0.4, -0.2) is 19.2 Å². The van der Waals surface area contributed by atoms with Gasteiger partial charge >= 0.3 is 0 Å². The second-order valence-corrected chi connectivity index (χ2v) is 6.50. The van der Waals surface area contributed by atoms with Crippen molar-refractivity contribution in [1.29, 1.82) is 0 Å². The second-order valence-electron chi connectivity index (χ2n) is 4.39. The van der Waals surface area contributed by atoms with Crippen LogP contribution in [0.3, 0.4) is 0 Å². The summed E-state index contributed by atoms with van der Waals surface area (Å²) in [6, 6.07) is 7.37. The fourth-order valence-corrected chi connectivity index (χ4v) is 3.21. The van der Waals surface area contributed by atoms with Gasteiger partial charge in [0.25, 0.3) is 0 Å². The number of unbranched alkanes of at least 4 members (excludes halogenated alkanes) is 2. The Hall–Kier alpha value is -1.36. The Morgan fingerprint density at radius 2 is 2.06 bits per heavy atom. The zero-order chi connectivity index (χ0) is 13.0. The lowest BCUT2D eigenvalue weighted by Gasteiger charge is -2.15. The first-order chi connectivity index (χ1) is 8.63. The number of hydrogen-bond donors (Lipinski definition) is 0. The second kappa shape index (κ2) is 5.52. The smallest absolute Gasteiger partial charge is 0.195 e. The highest BCUT2D eigenvalue weighted by Gasteiger charge is 2.25. The van der Waals surface area contributed by atoms with Crippen LogP contribution in [0.5, 0.6) is 5.75 Å². The molecule has 0 unspecified atom stereocenters. The van der Waals surface area contributed by atoms with Crippen LogP contribution in [0.25, 0.3) is 0 Å². The molecule has 1 aliphatic rings. The predicted octanol–water partition coefficient (Wildman–Crippen LogP) is 2.54. The predicted molar refractivity (Wildman–Crippen MR) is 71.5 cm³/mol. The maximum atomic E-state index is 12.1. The van der Waals surface area contributed by atoms with Crippen molar-refractivity contribution in [3.8, 4) is 5.75 Å². The van der Waals surface area contributed by atoms with Crippen LogP contribution in [0.4, 0.5) is 0 Å². The van der Waals surface area contributed by atoms with E-state index >= 15 is 0 Å². The molecular weight excluding hydrogens is 250 g/mol. The van der Waals surface area contributed by atoms with E-state index in [2.05, 4.69) is 5.16 Å². The summed E-state index contributed by atoms with van der Waals surface area (Å²) in [5.41, 5.74) is 0.876. The van der Waals surface area contributed by atoms with Gasteiger partial charge in [0.05, 0.1) is 5.75 Å². The van der Waals surface area contributed by atoms with E-state index in [1.54, 1.807) is 6.07 Å². The third-order valence-corrected chi connectivity index (χ3v) is 4.70. The third kappa shape index (κ3) is 2.90. The highest BCUT2D eigenvalue weighted by Crippen LogP contribution is 2.24. The van der Waals surface area contributed by atoms with Crippen LogP contribution < -0.4 is 4.84 Å². The van der Waals surface area contributed by atoms with Crippen molar-refractivity contribution in [2.24, 2.45) is 5.16 Å². The minimum Gasteiger partial charge on any atom is -0.356 e. The summed E-state index contributed by atoms with van der Waals surface area (Å²) in [5.74, 6) is 0.801. The number of benzene rings is 1. The molecule has 0 amide bonds. The highest BCUT2D eigenvalue weighted by atomic mass is 32.2. The molecule has 0 spiro atoms. The first-order valence-corrected chi connectivity index (χ1v) is 7.83. The molecule has 0 fully saturated rings. The van der Waals surface area contributed by atoms with E-state index in [4.69, 9.17) is 4.84 Å². The molecule has 5 heteroatoms. The molecule has 98 valence electrons. The normalized spacial score (nSPS) is 14.6. The zero-order valence-corrected chi connectivity index (χ0v) is 11.2. The lowest BCUT2D eigenvalue weighted by atomic mass is 10.1. The average Bonchev–Trinajstić information content (AvgIpc) is 2.38. The Morgan fingerprint density at radius 3 is 2.83 bits per heavy atom. The molecule has 2 rings (SSSR count). The summed E-state index contributed by atoms with van der Waals surface area (Å²) >= 11 is 0. The fourth-order valence-electron chi connectivity index (χ4n) is 1.86. The molecular formula is C13H17NO3S. The Balaban J connectivity index is 2.10. The molecule has 0 aromatic heterocycles. The summed E-state index contributed by atoms with van der Waals surface area (Å²) in [4.78, 5) is 5.14. The molecule has 18 heavy (non-hydrogen) atoms. The largest absolute Gasteiger partial charge is 0.356 e. The van der Waals surface area contributed by atoms with Gasteiger partial charge < -0.3 is 4.84 Å². The summed E-state index contributed by atoms with van der Waals surface area (Å²) in [6.45, 7) is 2.05. The first-order valence-electron chi connectivity index (χ1n) is 6.18. The Kier molecular flexibility index (Phi) is 4.01. The molecule has 0 aliphatic carbocycles. The molecule has 0 N–H and O–H groups in total. The van der Waals surface area contributed by atoms with Crippen LogP contribution in [0.15, 0.2) is 29.4 Å². The maximum Gasteiger partial charge on any atom is 0.195 e. The zero-order valence-electron chi connectivity index (χ0n) is 10.4. The molecule has 0 bridgehead atoms. The van der Waals surface area contributed by atoms with E-state index in [9.17, 15) is 8.42 Å². The Morgan fingerprint density at radius 1 is 1.28 bits per heavy atom. The van der Waals surface area contributed by atoms with Crippen LogP contribution in [0.1, 0.15) is 31.7 Å². The van der Waals surface area contributed by atoms with Gasteiger partial charge in [0.15, 0.2) is 20.6 Å². The van der Waals surface area contributed by atoms with Crippen molar-refractivity contribution in [3.63, 3.8) is 0 Å².